The fourth-order valence-corrected chi connectivity index (χ4v) is 6.28. The number of hydrogen-bond donors (Lipinski definition) is 5. The number of fused-ring (bicyclic) bond motifs is 1. The van der Waals surface area contributed by atoms with Crippen molar-refractivity contribution in [3.05, 3.63) is 52.4 Å². The number of hydrogen-bond acceptors (Lipinski definition) is 11. The molecule has 3 atom stereocenters. The van der Waals surface area contributed by atoms with Crippen LogP contribution in [-0.2, 0) is 37.2 Å². The number of nitrogens with two attached hydrogens (primary N) is 1. The molecule has 39 heavy (non-hydrogen) atoms. The number of aromatic nitrogens is 2. The lowest BCUT2D eigenvalue weighted by Gasteiger charge is -2.49. The van der Waals surface area contributed by atoms with Gasteiger partial charge in [0.2, 0.25) is 6.10 Å². The van der Waals surface area contributed by atoms with Crippen molar-refractivity contribution >= 4 is 57.6 Å². The fourth-order valence-electron chi connectivity index (χ4n) is 4.39. The van der Waals surface area contributed by atoms with Crippen LogP contribution in [0.1, 0.15) is 17.7 Å². The van der Waals surface area contributed by atoms with Crippen LogP contribution >= 0.6 is 23.1 Å². The highest BCUT2D eigenvalue weighted by Crippen LogP contribution is 2.40. The second-order valence-corrected chi connectivity index (χ2v) is 10.8. The van der Waals surface area contributed by atoms with Crippen LogP contribution in [0.25, 0.3) is 0 Å². The van der Waals surface area contributed by atoms with E-state index in [9.17, 15) is 29.4 Å². The number of β-lactam (4-membered cyclic amide) rings is 1. The summed E-state index contributed by atoms with van der Waals surface area (Å²) in [5.41, 5.74) is 6.62. The number of rotatable bonds is 9. The Bertz CT molecular complexity index is 1410. The number of nitrogens with one attached hydrogen (secondary N) is 2. The zero-order valence-corrected chi connectivity index (χ0v) is 21.9. The molecule has 5 heterocycles. The van der Waals surface area contributed by atoms with Crippen LogP contribution in [0.15, 0.2) is 46.3 Å². The number of carboxylic acid groups (broad SMARTS) is 1. The van der Waals surface area contributed by atoms with E-state index in [1.165, 1.54) is 22.0 Å². The number of amides is 3. The van der Waals surface area contributed by atoms with Crippen LogP contribution < -0.4 is 20.9 Å². The molecule has 0 radical (unpaired) electrons. The van der Waals surface area contributed by atoms with Gasteiger partial charge in [-0.1, -0.05) is 5.16 Å². The summed E-state index contributed by atoms with van der Waals surface area (Å²) in [6, 6.07) is 2.47. The highest BCUT2D eigenvalue weighted by molar-refractivity contribution is 8.00. The minimum atomic E-state index is -1.25. The summed E-state index contributed by atoms with van der Waals surface area (Å²) < 4.78 is 1.74. The van der Waals surface area contributed by atoms with Crippen molar-refractivity contribution in [2.45, 2.75) is 37.1 Å². The molecular weight excluding hydrogens is 550 g/mol. The molecular formula is C23H24N7O7S2+. The average Bonchev–Trinajstić information content (AvgIpc) is 3.54. The maximum atomic E-state index is 13.2. The smallest absolute Gasteiger partial charge is 0.352 e. The molecule has 14 nitrogen and oxygen atoms in total. The van der Waals surface area contributed by atoms with E-state index in [2.05, 4.69) is 20.8 Å². The lowest BCUT2D eigenvalue weighted by molar-refractivity contribution is -0.689. The largest absolute Gasteiger partial charge is 0.477 e. The van der Waals surface area contributed by atoms with Crippen LogP contribution in [-0.4, -0.2) is 79.3 Å². The molecule has 0 aliphatic carbocycles. The van der Waals surface area contributed by atoms with Crippen molar-refractivity contribution in [2.24, 2.45) is 5.16 Å². The Morgan fingerprint density at radius 2 is 2.21 bits per heavy atom. The quantitative estimate of drug-likeness (QED) is 0.102. The molecule has 2 saturated heterocycles. The minimum absolute atomic E-state index is 0.115. The van der Waals surface area contributed by atoms with Crippen molar-refractivity contribution in [3.8, 4) is 0 Å². The van der Waals surface area contributed by atoms with E-state index in [4.69, 9.17) is 10.6 Å². The number of aliphatic hydroxyl groups excluding tert-OH is 1. The number of nitrogen functional groups attached to an aromatic ring is 1. The van der Waals surface area contributed by atoms with E-state index >= 15 is 0 Å². The SMILES string of the molecule is Nc1nc(/C(=N/OC2CCNC2=O)C(=O)N[C@@H]2C(=O)N3C(C(=O)O)=C(C[n+]4cccc(CO)c4)CS[C@@H]23)cs1. The Hall–Kier alpha value is -4.02. The van der Waals surface area contributed by atoms with Crippen LogP contribution in [0.2, 0.25) is 0 Å². The van der Waals surface area contributed by atoms with Gasteiger partial charge in [0.15, 0.2) is 29.8 Å². The Labute approximate surface area is 229 Å². The van der Waals surface area contributed by atoms with E-state index in [1.807, 2.05) is 0 Å². The molecule has 0 aromatic carbocycles. The molecule has 3 amide bonds. The zero-order valence-electron chi connectivity index (χ0n) is 20.3. The molecule has 204 valence electrons. The number of oxime groups is 1. The molecule has 2 aromatic heterocycles. The summed E-state index contributed by atoms with van der Waals surface area (Å²) in [6.07, 6.45) is 2.96. The van der Waals surface area contributed by atoms with Crippen molar-refractivity contribution in [2.75, 3.05) is 18.0 Å². The lowest BCUT2D eigenvalue weighted by atomic mass is 10.0. The van der Waals surface area contributed by atoms with Crippen LogP contribution in [0, 0.1) is 0 Å². The van der Waals surface area contributed by atoms with Crippen LogP contribution in [0.5, 0.6) is 0 Å². The minimum Gasteiger partial charge on any atom is -0.477 e. The summed E-state index contributed by atoms with van der Waals surface area (Å²) in [6.45, 7) is 0.471. The third kappa shape index (κ3) is 5.30. The Kier molecular flexibility index (Phi) is 7.49. The molecule has 2 fully saturated rings. The van der Waals surface area contributed by atoms with Gasteiger partial charge in [-0.25, -0.2) is 14.3 Å². The standard InChI is InChI=1S/C23H23N7O7S2/c24-23-26-13(10-39-23)15(28-37-14-3-4-25-18(14)32)19(33)27-16-20(34)30-17(22(35)36)12(9-38-21(16)30)7-29-5-1-2-11(6-29)8-31/h1-2,5-6,10,14,16,21,31H,3-4,7-9H2,(H4-,24,25,26,27,32,33,35,36)/p+1/b28-15-/t14?,16-,21+/m1/s1. The number of aliphatic carboxylic acids is 1. The van der Waals surface area contributed by atoms with Gasteiger partial charge in [-0.05, 0) is 6.07 Å². The summed E-state index contributed by atoms with van der Waals surface area (Å²) in [5.74, 6) is -2.67. The fraction of sp³-hybridized carbons (Fsp3) is 0.348. The number of thioether (sulfide) groups is 1. The molecule has 6 N–H and O–H groups in total. The molecule has 1 unspecified atom stereocenters. The van der Waals surface area contributed by atoms with Gasteiger partial charge < -0.3 is 31.4 Å². The van der Waals surface area contributed by atoms with Gasteiger partial charge in [0, 0.05) is 41.3 Å². The normalized spacial score (nSPS) is 22.7. The van der Waals surface area contributed by atoms with Crippen molar-refractivity contribution in [1.29, 1.82) is 0 Å². The third-order valence-corrected chi connectivity index (χ3v) is 8.27. The number of aliphatic hydroxyl groups is 1. The van der Waals surface area contributed by atoms with E-state index in [0.717, 1.165) is 11.3 Å². The van der Waals surface area contributed by atoms with Gasteiger partial charge in [-0.15, -0.1) is 23.1 Å². The average molecular weight is 575 g/mol. The van der Waals surface area contributed by atoms with Gasteiger partial charge in [-0.2, -0.15) is 0 Å². The molecule has 5 rings (SSSR count). The Morgan fingerprint density at radius 1 is 1.38 bits per heavy atom. The van der Waals surface area contributed by atoms with E-state index in [-0.39, 0.29) is 41.3 Å². The van der Waals surface area contributed by atoms with Gasteiger partial charge >= 0.3 is 5.97 Å². The first-order valence-electron chi connectivity index (χ1n) is 11.8. The molecule has 3 aliphatic rings. The van der Waals surface area contributed by atoms with Gasteiger partial charge in [0.25, 0.3) is 17.7 Å². The Morgan fingerprint density at radius 3 is 2.87 bits per heavy atom. The van der Waals surface area contributed by atoms with Crippen molar-refractivity contribution in [3.63, 3.8) is 0 Å². The molecule has 3 aliphatic heterocycles. The van der Waals surface area contributed by atoms with Crippen molar-refractivity contribution in [1.82, 2.24) is 20.5 Å². The number of carbonyl (C=O) groups excluding carboxylic acids is 3. The van der Waals surface area contributed by atoms with Gasteiger partial charge in [0.1, 0.15) is 22.8 Å². The maximum absolute atomic E-state index is 13.2. The predicted octanol–water partition coefficient (Wildman–Crippen LogP) is -1.45. The van der Waals surface area contributed by atoms with E-state index < -0.39 is 35.3 Å². The zero-order chi connectivity index (χ0) is 27.7. The second-order valence-electron chi connectivity index (χ2n) is 8.85. The van der Waals surface area contributed by atoms with Crippen molar-refractivity contribution < 1.29 is 38.8 Å². The highest BCUT2D eigenvalue weighted by Gasteiger charge is 2.54. The van der Waals surface area contributed by atoms with E-state index in [0.29, 0.717) is 29.9 Å². The van der Waals surface area contributed by atoms with Gasteiger partial charge in [-0.3, -0.25) is 19.3 Å². The van der Waals surface area contributed by atoms with E-state index in [1.54, 1.807) is 29.1 Å². The second kappa shape index (κ2) is 11.0. The monoisotopic (exact) mass is 574 g/mol. The topological polar surface area (TPSA) is 200 Å². The number of nitrogens with zero attached hydrogens (tertiary/aromatic N) is 4. The summed E-state index contributed by atoms with van der Waals surface area (Å²) in [5, 5.41) is 29.5. The van der Waals surface area contributed by atoms with Gasteiger partial charge in [0.05, 0.1) is 6.61 Å². The third-order valence-electron chi connectivity index (χ3n) is 6.26. The molecule has 16 heteroatoms. The maximum Gasteiger partial charge on any atom is 0.352 e. The predicted molar refractivity (Wildman–Crippen MR) is 138 cm³/mol. The van der Waals surface area contributed by atoms with Crippen LogP contribution in [0.4, 0.5) is 5.13 Å². The highest BCUT2D eigenvalue weighted by atomic mass is 32.2. The molecule has 0 spiro atoms. The number of carboxylic acids is 1. The number of pyridine rings is 1. The lowest BCUT2D eigenvalue weighted by Crippen LogP contribution is -2.71. The number of thiazole rings is 1. The summed E-state index contributed by atoms with van der Waals surface area (Å²) in [4.78, 5) is 60.9. The molecule has 0 saturated carbocycles. The number of anilines is 1. The van der Waals surface area contributed by atoms with Crippen LogP contribution in [0.3, 0.4) is 0 Å². The first kappa shape index (κ1) is 26.6. The number of carbonyl (C=O) groups is 4. The first-order valence-corrected chi connectivity index (χ1v) is 13.7. The molecule has 2 aromatic rings. The summed E-state index contributed by atoms with van der Waals surface area (Å²) in [7, 11) is 0. The molecule has 0 bridgehead atoms. The summed E-state index contributed by atoms with van der Waals surface area (Å²) >= 11 is 2.40. The Balaban J connectivity index is 1.34. The first-order chi connectivity index (χ1) is 18.8.